The molecule has 10 heteroatoms. The van der Waals surface area contributed by atoms with Gasteiger partial charge in [-0.2, -0.15) is 0 Å². The molecule has 0 fully saturated rings. The van der Waals surface area contributed by atoms with Crippen molar-refractivity contribution in [3.8, 4) is 34.8 Å². The number of ether oxygens (including phenoxy) is 5. The molecule has 0 saturated heterocycles. The first kappa shape index (κ1) is 23.6. The molecule has 1 aliphatic heterocycles. The summed E-state index contributed by atoms with van der Waals surface area (Å²) in [5.74, 6) is 2.60. The van der Waals surface area contributed by atoms with E-state index in [4.69, 9.17) is 35.3 Å². The Hall–Kier alpha value is -4.11. The van der Waals surface area contributed by atoms with E-state index >= 15 is 0 Å². The second-order valence-corrected chi connectivity index (χ2v) is 8.38. The summed E-state index contributed by atoms with van der Waals surface area (Å²) in [6, 6.07) is 10.5. The average molecular weight is 508 g/mol. The molecule has 36 heavy (non-hydrogen) atoms. The number of nitrogens with zero attached hydrogens (tertiary/aromatic N) is 3. The summed E-state index contributed by atoms with van der Waals surface area (Å²) in [5.41, 5.74) is 2.18. The maximum absolute atomic E-state index is 12.6. The van der Waals surface area contributed by atoms with Gasteiger partial charge in [-0.15, -0.1) is 0 Å². The molecule has 4 aromatic rings. The Morgan fingerprint density at radius 2 is 1.69 bits per heavy atom. The number of fused-ring (bicyclic) bond motifs is 3. The Balaban J connectivity index is 1.37. The Bertz CT molecular complexity index is 1450. The van der Waals surface area contributed by atoms with Gasteiger partial charge in [-0.05, 0) is 29.3 Å². The van der Waals surface area contributed by atoms with Gasteiger partial charge in [0.15, 0.2) is 11.5 Å². The first-order valence-corrected chi connectivity index (χ1v) is 11.5. The smallest absolute Gasteiger partial charge is 0.234 e. The molecule has 0 N–H and O–H groups in total. The van der Waals surface area contributed by atoms with E-state index in [0.29, 0.717) is 58.0 Å². The van der Waals surface area contributed by atoms with E-state index in [0.717, 1.165) is 11.1 Å². The normalized spacial score (nSPS) is 12.3. The average Bonchev–Trinajstić information content (AvgIpc) is 2.89. The van der Waals surface area contributed by atoms with Crippen molar-refractivity contribution in [1.82, 2.24) is 15.0 Å². The molecule has 0 aliphatic carbocycles. The number of rotatable bonds is 8. The van der Waals surface area contributed by atoms with Gasteiger partial charge in [0.1, 0.15) is 36.5 Å². The number of Topliss-reactive ketones (excluding diaryl/α,β-unsaturated/α-hetero) is 1. The van der Waals surface area contributed by atoms with E-state index in [9.17, 15) is 4.79 Å². The van der Waals surface area contributed by atoms with Crippen LogP contribution in [0.25, 0.3) is 10.9 Å². The Morgan fingerprint density at radius 1 is 0.917 bits per heavy atom. The zero-order chi connectivity index (χ0) is 25.1. The summed E-state index contributed by atoms with van der Waals surface area (Å²) >= 11 is 6.52. The maximum Gasteiger partial charge on any atom is 0.234 e. The molecule has 3 heterocycles. The van der Waals surface area contributed by atoms with Gasteiger partial charge in [0.2, 0.25) is 17.5 Å². The van der Waals surface area contributed by atoms with Crippen LogP contribution in [-0.4, -0.2) is 48.2 Å². The fourth-order valence-electron chi connectivity index (χ4n) is 3.94. The molecule has 1 aliphatic rings. The Kier molecular flexibility index (Phi) is 6.73. The lowest BCUT2D eigenvalue weighted by molar-refractivity contribution is -0.117. The van der Waals surface area contributed by atoms with Crippen LogP contribution in [0.2, 0.25) is 5.02 Å². The van der Waals surface area contributed by atoms with Gasteiger partial charge < -0.3 is 23.7 Å². The van der Waals surface area contributed by atoms with E-state index in [2.05, 4.69) is 15.0 Å². The number of methoxy groups -OCH3 is 2. The van der Waals surface area contributed by atoms with Crippen LogP contribution in [-0.2, 0) is 17.6 Å². The van der Waals surface area contributed by atoms with Crippen LogP contribution in [0, 0.1) is 0 Å². The summed E-state index contributed by atoms with van der Waals surface area (Å²) in [6.45, 7) is 0.777. The summed E-state index contributed by atoms with van der Waals surface area (Å²) in [4.78, 5) is 25.3. The number of ketones is 1. The number of hydrogen-bond acceptors (Lipinski definition) is 9. The van der Waals surface area contributed by atoms with Gasteiger partial charge >= 0.3 is 0 Å². The van der Waals surface area contributed by atoms with Crippen LogP contribution < -0.4 is 23.7 Å². The van der Waals surface area contributed by atoms with E-state index in [1.807, 2.05) is 0 Å². The van der Waals surface area contributed by atoms with Gasteiger partial charge in [0.25, 0.3) is 0 Å². The number of hydrogen-bond donors (Lipinski definition) is 0. The predicted molar refractivity (Wildman–Crippen MR) is 132 cm³/mol. The van der Waals surface area contributed by atoms with Crippen LogP contribution in [0.4, 0.5) is 0 Å². The van der Waals surface area contributed by atoms with Crippen LogP contribution >= 0.6 is 11.6 Å². The van der Waals surface area contributed by atoms with E-state index in [-0.39, 0.29) is 24.5 Å². The lowest BCUT2D eigenvalue weighted by atomic mass is 10.0. The number of carbonyl (C=O) groups excluding carboxylic acids is 1. The van der Waals surface area contributed by atoms with Gasteiger partial charge in [-0.25, -0.2) is 15.0 Å². The van der Waals surface area contributed by atoms with Crippen molar-refractivity contribution in [1.29, 1.82) is 0 Å². The number of pyridine rings is 1. The molecular weight excluding hydrogens is 486 g/mol. The molecule has 0 saturated carbocycles. The summed E-state index contributed by atoms with van der Waals surface area (Å²) in [5, 5.41) is 0.897. The molecule has 2 aromatic carbocycles. The van der Waals surface area contributed by atoms with Crippen molar-refractivity contribution in [2.24, 2.45) is 0 Å². The molecule has 0 amide bonds. The van der Waals surface area contributed by atoms with Crippen molar-refractivity contribution >= 4 is 28.3 Å². The van der Waals surface area contributed by atoms with Crippen LogP contribution in [0.1, 0.15) is 11.1 Å². The molecule has 184 valence electrons. The summed E-state index contributed by atoms with van der Waals surface area (Å²) in [7, 11) is 3.09. The molecule has 0 bridgehead atoms. The molecular formula is C26H22ClN3O6. The predicted octanol–water partition coefficient (Wildman–Crippen LogP) is 4.61. The molecule has 0 unspecified atom stereocenters. The molecule has 0 atom stereocenters. The minimum Gasteiger partial charge on any atom is -0.493 e. The highest BCUT2D eigenvalue weighted by atomic mass is 35.5. The standard InChI is InChI=1S/C26H22ClN3O6/c1-32-21-13-19-23(25-24(21)34-7-8-35-25)26(30-14-29-19)36-20-4-3-15(11-18(20)27)9-17(31)10-16-5-6-28-22(12-16)33-2/h3-6,11-14H,7-10H2,1-2H3. The minimum absolute atomic E-state index is 0.0347. The first-order chi connectivity index (χ1) is 17.6. The van der Waals surface area contributed by atoms with Crippen molar-refractivity contribution in [3.05, 3.63) is 65.1 Å². The van der Waals surface area contributed by atoms with Gasteiger partial charge in [0.05, 0.1) is 24.8 Å². The summed E-state index contributed by atoms with van der Waals surface area (Å²) in [6.07, 6.45) is 3.49. The SMILES string of the molecule is COc1cc(CC(=O)Cc2ccc(Oc3ncnc4cc(OC)c5c(c34)OCCO5)c(Cl)c2)ccn1. The third kappa shape index (κ3) is 4.83. The molecule has 0 radical (unpaired) electrons. The van der Waals surface area contributed by atoms with Crippen LogP contribution in [0.5, 0.6) is 34.8 Å². The number of halogens is 1. The van der Waals surface area contributed by atoms with Gasteiger partial charge in [-0.1, -0.05) is 17.7 Å². The van der Waals surface area contributed by atoms with Crippen LogP contribution in [0.15, 0.2) is 48.9 Å². The van der Waals surface area contributed by atoms with Crippen LogP contribution in [0.3, 0.4) is 0 Å². The van der Waals surface area contributed by atoms with Crippen molar-refractivity contribution < 1.29 is 28.5 Å². The number of benzene rings is 2. The molecule has 5 rings (SSSR count). The van der Waals surface area contributed by atoms with Crippen molar-refractivity contribution in [2.75, 3.05) is 27.4 Å². The summed E-state index contributed by atoms with van der Waals surface area (Å²) < 4.78 is 28.3. The second kappa shape index (κ2) is 10.2. The van der Waals surface area contributed by atoms with Gasteiger partial charge in [-0.3, -0.25) is 4.79 Å². The highest BCUT2D eigenvalue weighted by Crippen LogP contribution is 2.48. The lowest BCUT2D eigenvalue weighted by Gasteiger charge is -2.22. The van der Waals surface area contributed by atoms with E-state index in [1.54, 1.807) is 49.7 Å². The first-order valence-electron chi connectivity index (χ1n) is 11.1. The highest BCUT2D eigenvalue weighted by molar-refractivity contribution is 6.32. The lowest BCUT2D eigenvalue weighted by Crippen LogP contribution is -2.16. The Labute approximate surface area is 211 Å². The van der Waals surface area contributed by atoms with Crippen molar-refractivity contribution in [3.63, 3.8) is 0 Å². The maximum atomic E-state index is 12.6. The number of carbonyl (C=O) groups is 1. The second-order valence-electron chi connectivity index (χ2n) is 7.97. The zero-order valence-corrected chi connectivity index (χ0v) is 20.4. The van der Waals surface area contributed by atoms with Gasteiger partial charge in [0, 0.05) is 31.2 Å². The highest BCUT2D eigenvalue weighted by Gasteiger charge is 2.25. The largest absolute Gasteiger partial charge is 0.493 e. The molecule has 9 nitrogen and oxygen atoms in total. The number of aromatic nitrogens is 3. The van der Waals surface area contributed by atoms with E-state index in [1.165, 1.54) is 13.4 Å². The van der Waals surface area contributed by atoms with E-state index < -0.39 is 0 Å². The molecule has 2 aromatic heterocycles. The minimum atomic E-state index is 0.0347. The topological polar surface area (TPSA) is 102 Å². The quantitative estimate of drug-likeness (QED) is 0.338. The zero-order valence-electron chi connectivity index (χ0n) is 19.6. The fraction of sp³-hybridized carbons (Fsp3) is 0.231. The van der Waals surface area contributed by atoms with Crippen molar-refractivity contribution in [2.45, 2.75) is 12.8 Å². The molecule has 0 spiro atoms. The third-order valence-electron chi connectivity index (χ3n) is 5.58. The third-order valence-corrected chi connectivity index (χ3v) is 5.87. The fourth-order valence-corrected chi connectivity index (χ4v) is 4.18. The monoisotopic (exact) mass is 507 g/mol. The Morgan fingerprint density at radius 3 is 2.44 bits per heavy atom.